The Kier molecular flexibility index (Phi) is 4.80. The van der Waals surface area contributed by atoms with E-state index >= 15 is 0 Å². The van der Waals surface area contributed by atoms with Crippen LogP contribution in [0.5, 0.6) is 0 Å². The number of nitrogens with zero attached hydrogens (tertiary/aromatic N) is 2. The molecule has 1 N–H and O–H groups in total. The lowest BCUT2D eigenvalue weighted by molar-refractivity contribution is 0.0600. The summed E-state index contributed by atoms with van der Waals surface area (Å²) in [6, 6.07) is 7.49. The zero-order valence-corrected chi connectivity index (χ0v) is 12.3. The highest BCUT2D eigenvalue weighted by molar-refractivity contribution is 5.89. The van der Waals surface area contributed by atoms with Crippen molar-refractivity contribution in [2.24, 2.45) is 0 Å². The van der Waals surface area contributed by atoms with Gasteiger partial charge < -0.3 is 14.7 Å². The van der Waals surface area contributed by atoms with Crippen LogP contribution in [0.2, 0.25) is 0 Å². The molecule has 1 aliphatic rings. The average molecular weight is 292 g/mol. The van der Waals surface area contributed by atoms with Crippen LogP contribution in [0.4, 0.5) is 4.79 Å². The quantitative estimate of drug-likeness (QED) is 0.858. The van der Waals surface area contributed by atoms with Crippen molar-refractivity contribution in [3.05, 3.63) is 35.4 Å². The summed E-state index contributed by atoms with van der Waals surface area (Å²) in [5.41, 5.74) is 1.63. The van der Waals surface area contributed by atoms with E-state index in [-0.39, 0.29) is 12.0 Å². The fourth-order valence-corrected chi connectivity index (χ4v) is 2.50. The Morgan fingerprint density at radius 3 is 2.48 bits per heavy atom. The van der Waals surface area contributed by atoms with Crippen LogP contribution in [0.1, 0.15) is 22.8 Å². The molecule has 21 heavy (non-hydrogen) atoms. The van der Waals surface area contributed by atoms with E-state index in [1.807, 2.05) is 19.1 Å². The monoisotopic (exact) mass is 292 g/mol. The Morgan fingerprint density at radius 2 is 1.95 bits per heavy atom. The molecule has 2 rings (SSSR count). The molecule has 0 bridgehead atoms. The third-order valence-electron chi connectivity index (χ3n) is 3.80. The van der Waals surface area contributed by atoms with E-state index in [0.717, 1.165) is 12.1 Å². The number of methoxy groups -OCH3 is 1. The first-order chi connectivity index (χ1) is 10.0. The summed E-state index contributed by atoms with van der Waals surface area (Å²) in [6.07, 6.45) is -0.857. The Hall–Kier alpha value is -2.08. The van der Waals surface area contributed by atoms with Crippen LogP contribution in [-0.2, 0) is 11.3 Å². The van der Waals surface area contributed by atoms with Gasteiger partial charge >= 0.3 is 12.1 Å². The van der Waals surface area contributed by atoms with Gasteiger partial charge in [0.05, 0.1) is 12.7 Å². The predicted molar refractivity (Wildman–Crippen MR) is 77.3 cm³/mol. The molecule has 0 saturated carbocycles. The van der Waals surface area contributed by atoms with Gasteiger partial charge in [-0.1, -0.05) is 12.1 Å². The number of hydrogen-bond donors (Lipinski definition) is 1. The van der Waals surface area contributed by atoms with E-state index in [1.165, 1.54) is 12.0 Å². The van der Waals surface area contributed by atoms with E-state index in [2.05, 4.69) is 9.64 Å². The summed E-state index contributed by atoms with van der Waals surface area (Å²) in [5.74, 6) is -0.343. The number of carboxylic acid groups (broad SMARTS) is 1. The highest BCUT2D eigenvalue weighted by Gasteiger charge is 2.26. The van der Waals surface area contributed by atoms with E-state index in [1.54, 1.807) is 12.1 Å². The highest BCUT2D eigenvalue weighted by Crippen LogP contribution is 2.15. The molecule has 0 aliphatic carbocycles. The van der Waals surface area contributed by atoms with Crippen LogP contribution in [-0.4, -0.2) is 59.8 Å². The van der Waals surface area contributed by atoms with Crippen LogP contribution >= 0.6 is 0 Å². The van der Waals surface area contributed by atoms with Gasteiger partial charge in [0.1, 0.15) is 0 Å². The Bertz CT molecular complexity index is 515. The third-order valence-corrected chi connectivity index (χ3v) is 3.80. The number of rotatable bonds is 3. The molecule has 1 aliphatic heterocycles. The van der Waals surface area contributed by atoms with Gasteiger partial charge in [-0.3, -0.25) is 4.90 Å². The van der Waals surface area contributed by atoms with Gasteiger partial charge in [0, 0.05) is 32.2 Å². The Morgan fingerprint density at radius 1 is 1.29 bits per heavy atom. The van der Waals surface area contributed by atoms with Gasteiger partial charge in [-0.2, -0.15) is 0 Å². The first kappa shape index (κ1) is 15.3. The minimum absolute atomic E-state index is 0.176. The summed E-state index contributed by atoms with van der Waals surface area (Å²) >= 11 is 0. The first-order valence-electron chi connectivity index (χ1n) is 6.90. The second-order valence-electron chi connectivity index (χ2n) is 5.24. The van der Waals surface area contributed by atoms with Gasteiger partial charge in [0.25, 0.3) is 0 Å². The topological polar surface area (TPSA) is 70.1 Å². The van der Waals surface area contributed by atoms with Gasteiger partial charge in [-0.15, -0.1) is 0 Å². The van der Waals surface area contributed by atoms with Crippen molar-refractivity contribution in [1.82, 2.24) is 9.80 Å². The van der Waals surface area contributed by atoms with Crippen LogP contribution in [0.15, 0.2) is 24.3 Å². The van der Waals surface area contributed by atoms with Crippen LogP contribution < -0.4 is 0 Å². The van der Waals surface area contributed by atoms with Crippen LogP contribution in [0.25, 0.3) is 0 Å². The van der Waals surface area contributed by atoms with Crippen LogP contribution in [0, 0.1) is 0 Å². The molecule has 1 aromatic carbocycles. The summed E-state index contributed by atoms with van der Waals surface area (Å²) in [7, 11) is 1.36. The molecule has 1 unspecified atom stereocenters. The summed E-state index contributed by atoms with van der Waals surface area (Å²) < 4.78 is 4.67. The molecule has 1 aromatic rings. The smallest absolute Gasteiger partial charge is 0.407 e. The molecule has 1 atom stereocenters. The molecule has 1 amide bonds. The van der Waals surface area contributed by atoms with Crippen molar-refractivity contribution >= 4 is 12.1 Å². The fraction of sp³-hybridized carbons (Fsp3) is 0.467. The van der Waals surface area contributed by atoms with Crippen LogP contribution in [0.3, 0.4) is 0 Å². The highest BCUT2D eigenvalue weighted by atomic mass is 16.5. The minimum Gasteiger partial charge on any atom is -0.465 e. The molecule has 114 valence electrons. The number of amides is 1. The van der Waals surface area contributed by atoms with Crippen molar-refractivity contribution in [2.75, 3.05) is 26.7 Å². The van der Waals surface area contributed by atoms with Gasteiger partial charge in [-0.25, -0.2) is 9.59 Å². The van der Waals surface area contributed by atoms with Crippen molar-refractivity contribution in [2.45, 2.75) is 19.5 Å². The lowest BCUT2D eigenvalue weighted by atomic mass is 10.1. The summed E-state index contributed by atoms with van der Waals surface area (Å²) in [5, 5.41) is 9.00. The summed E-state index contributed by atoms with van der Waals surface area (Å²) in [6.45, 7) is 4.54. The number of esters is 1. The van der Waals surface area contributed by atoms with Gasteiger partial charge in [0.15, 0.2) is 0 Å². The zero-order chi connectivity index (χ0) is 15.4. The van der Waals surface area contributed by atoms with E-state index in [9.17, 15) is 9.59 Å². The molecule has 1 fully saturated rings. The first-order valence-corrected chi connectivity index (χ1v) is 6.90. The van der Waals surface area contributed by atoms with Crippen molar-refractivity contribution in [3.63, 3.8) is 0 Å². The van der Waals surface area contributed by atoms with Crippen molar-refractivity contribution < 1.29 is 19.4 Å². The number of benzene rings is 1. The molecule has 0 spiro atoms. The molecule has 0 aromatic heterocycles. The standard InChI is InChI=1S/C15H20N2O4/c1-11-9-17(15(19)20)8-7-16(11)10-12-3-5-13(6-4-12)14(18)21-2/h3-6,11H,7-10H2,1-2H3,(H,19,20). The van der Waals surface area contributed by atoms with E-state index in [0.29, 0.717) is 25.2 Å². The number of hydrogen-bond acceptors (Lipinski definition) is 4. The Labute approximate surface area is 123 Å². The maximum Gasteiger partial charge on any atom is 0.407 e. The average Bonchev–Trinajstić information content (AvgIpc) is 2.49. The fourth-order valence-electron chi connectivity index (χ4n) is 2.50. The van der Waals surface area contributed by atoms with Crippen molar-refractivity contribution in [1.29, 1.82) is 0 Å². The molecule has 6 heteroatoms. The number of piperazine rings is 1. The third kappa shape index (κ3) is 3.72. The summed E-state index contributed by atoms with van der Waals surface area (Å²) in [4.78, 5) is 26.0. The second kappa shape index (κ2) is 6.58. The molecule has 1 saturated heterocycles. The second-order valence-corrected chi connectivity index (χ2v) is 5.24. The Balaban J connectivity index is 1.96. The number of carbonyl (C=O) groups excluding carboxylic acids is 1. The molecule has 0 radical (unpaired) electrons. The zero-order valence-electron chi connectivity index (χ0n) is 12.3. The number of carbonyl (C=O) groups is 2. The lowest BCUT2D eigenvalue weighted by Gasteiger charge is -2.38. The number of ether oxygens (including phenoxy) is 1. The van der Waals surface area contributed by atoms with E-state index < -0.39 is 6.09 Å². The van der Waals surface area contributed by atoms with Gasteiger partial charge in [0.2, 0.25) is 0 Å². The maximum atomic E-state index is 11.4. The maximum absolute atomic E-state index is 11.4. The normalized spacial score (nSPS) is 19.3. The minimum atomic E-state index is -0.857. The van der Waals surface area contributed by atoms with Crippen molar-refractivity contribution in [3.8, 4) is 0 Å². The lowest BCUT2D eigenvalue weighted by Crippen LogP contribution is -2.52. The van der Waals surface area contributed by atoms with Gasteiger partial charge in [-0.05, 0) is 24.6 Å². The molecular weight excluding hydrogens is 272 g/mol. The molecule has 6 nitrogen and oxygen atoms in total. The predicted octanol–water partition coefficient (Wildman–Crippen LogP) is 1.66. The molecular formula is C15H20N2O4. The SMILES string of the molecule is COC(=O)c1ccc(CN2CCN(C(=O)O)CC2C)cc1. The molecule has 1 heterocycles. The largest absolute Gasteiger partial charge is 0.465 e. The van der Waals surface area contributed by atoms with E-state index in [4.69, 9.17) is 5.11 Å².